The molecule has 15 nitrogen and oxygen atoms in total. The molecular weight excluding hydrogens is 494 g/mol. The second kappa shape index (κ2) is 10.8. The van der Waals surface area contributed by atoms with Crippen molar-refractivity contribution < 1.29 is 33.8 Å². The van der Waals surface area contributed by atoms with Crippen molar-refractivity contribution >= 4 is 40.3 Å². The van der Waals surface area contributed by atoms with Crippen LogP contribution in [0.4, 0.5) is 28.4 Å². The normalized spacial score (nSPS) is 10.2. The number of nitro benzene ring substituents is 3. The lowest BCUT2D eigenvalue weighted by Gasteiger charge is -2.10. The SMILES string of the molecule is COc1ccc(NC(=O)c2cc(C(=O)Nc3ccc(OC)cc3[N+](=O)[O-])cc([N+](=O)[O-])c2)c([N+](=O)[O-])c1. The molecular formula is C22H17N5O10. The molecule has 0 heterocycles. The van der Waals surface area contributed by atoms with Crippen LogP contribution in [0.3, 0.4) is 0 Å². The van der Waals surface area contributed by atoms with Crippen molar-refractivity contribution in [1.29, 1.82) is 0 Å². The Bertz CT molecular complexity index is 1340. The molecule has 0 fully saturated rings. The molecule has 0 radical (unpaired) electrons. The Balaban J connectivity index is 1.97. The van der Waals surface area contributed by atoms with Crippen molar-refractivity contribution in [2.75, 3.05) is 24.9 Å². The summed E-state index contributed by atoms with van der Waals surface area (Å²) in [5.74, 6) is -1.65. The first-order valence-electron chi connectivity index (χ1n) is 10.1. The summed E-state index contributed by atoms with van der Waals surface area (Å²) < 4.78 is 9.87. The zero-order valence-electron chi connectivity index (χ0n) is 19.1. The standard InChI is InChI=1S/C22H17N5O10/c1-36-15-3-5-17(19(10-15)26(32)33)23-21(28)12-7-13(9-14(8-12)25(30)31)22(29)24-18-6-4-16(37-2)11-20(18)27(34)35/h3-11H,1-2H3,(H,23,28)(H,24,29). The van der Waals surface area contributed by atoms with Crippen molar-refractivity contribution in [3.8, 4) is 11.5 Å². The summed E-state index contributed by atoms with van der Waals surface area (Å²) in [4.78, 5) is 57.5. The summed E-state index contributed by atoms with van der Waals surface area (Å²) in [6.45, 7) is 0. The van der Waals surface area contributed by atoms with Crippen LogP contribution in [0.25, 0.3) is 0 Å². The van der Waals surface area contributed by atoms with Crippen LogP contribution in [-0.4, -0.2) is 40.8 Å². The Labute approximate surface area is 207 Å². The number of carbonyl (C=O) groups is 2. The van der Waals surface area contributed by atoms with Crippen molar-refractivity contribution in [2.45, 2.75) is 0 Å². The fourth-order valence-corrected chi connectivity index (χ4v) is 3.16. The number of rotatable bonds is 9. The van der Waals surface area contributed by atoms with Gasteiger partial charge in [-0.15, -0.1) is 0 Å². The number of nitrogens with one attached hydrogen (secondary N) is 2. The number of nitro groups is 3. The highest BCUT2D eigenvalue weighted by atomic mass is 16.6. The van der Waals surface area contributed by atoms with Crippen LogP contribution in [0, 0.1) is 30.3 Å². The molecule has 0 aliphatic heterocycles. The van der Waals surface area contributed by atoms with Crippen molar-refractivity contribution in [3.63, 3.8) is 0 Å². The molecule has 3 aromatic rings. The van der Waals surface area contributed by atoms with Gasteiger partial charge >= 0.3 is 0 Å². The van der Waals surface area contributed by atoms with E-state index in [0.29, 0.717) is 0 Å². The highest BCUT2D eigenvalue weighted by Gasteiger charge is 2.23. The molecule has 0 saturated carbocycles. The first-order valence-corrected chi connectivity index (χ1v) is 10.1. The number of non-ortho nitro benzene ring substituents is 1. The Morgan fingerprint density at radius 2 is 1.05 bits per heavy atom. The van der Waals surface area contributed by atoms with Crippen molar-refractivity contribution in [2.24, 2.45) is 0 Å². The fourth-order valence-electron chi connectivity index (χ4n) is 3.16. The fraction of sp³-hybridized carbons (Fsp3) is 0.0909. The van der Waals surface area contributed by atoms with Gasteiger partial charge in [-0.05, 0) is 30.3 Å². The topological polar surface area (TPSA) is 206 Å². The Morgan fingerprint density at radius 1 is 0.649 bits per heavy atom. The lowest BCUT2D eigenvalue weighted by molar-refractivity contribution is -0.384. The average molecular weight is 511 g/mol. The predicted molar refractivity (Wildman–Crippen MR) is 128 cm³/mol. The van der Waals surface area contributed by atoms with Gasteiger partial charge in [-0.25, -0.2) is 0 Å². The van der Waals surface area contributed by atoms with Gasteiger partial charge in [0.15, 0.2) is 0 Å². The van der Waals surface area contributed by atoms with Crippen LogP contribution in [0.1, 0.15) is 20.7 Å². The Kier molecular flexibility index (Phi) is 7.57. The largest absolute Gasteiger partial charge is 0.496 e. The number of anilines is 2. The van der Waals surface area contributed by atoms with Gasteiger partial charge in [-0.3, -0.25) is 39.9 Å². The number of hydrogen-bond donors (Lipinski definition) is 2. The molecule has 0 atom stereocenters. The van der Waals surface area contributed by atoms with Crippen molar-refractivity contribution in [3.05, 3.63) is 96.1 Å². The maximum atomic E-state index is 12.8. The van der Waals surface area contributed by atoms with Gasteiger partial charge in [0.2, 0.25) is 0 Å². The van der Waals surface area contributed by atoms with E-state index >= 15 is 0 Å². The number of amides is 2. The minimum Gasteiger partial charge on any atom is -0.496 e. The molecule has 0 unspecified atom stereocenters. The molecule has 3 rings (SSSR count). The third-order valence-corrected chi connectivity index (χ3v) is 4.95. The highest BCUT2D eigenvalue weighted by molar-refractivity contribution is 6.10. The van der Waals surface area contributed by atoms with Gasteiger partial charge in [-0.2, -0.15) is 0 Å². The lowest BCUT2D eigenvalue weighted by atomic mass is 10.1. The zero-order chi connectivity index (χ0) is 27.3. The van der Waals surface area contributed by atoms with Crippen LogP contribution in [0.15, 0.2) is 54.6 Å². The van der Waals surface area contributed by atoms with E-state index in [2.05, 4.69) is 10.6 Å². The van der Waals surface area contributed by atoms with E-state index in [0.717, 1.165) is 30.3 Å². The average Bonchev–Trinajstić information content (AvgIpc) is 2.88. The van der Waals surface area contributed by atoms with Crippen LogP contribution in [0.5, 0.6) is 11.5 Å². The number of carbonyl (C=O) groups excluding carboxylic acids is 2. The Hall–Kier alpha value is -5.60. The molecule has 0 aliphatic carbocycles. The van der Waals surface area contributed by atoms with Crippen LogP contribution in [-0.2, 0) is 0 Å². The lowest BCUT2D eigenvalue weighted by Crippen LogP contribution is -2.17. The molecule has 190 valence electrons. The second-order valence-corrected chi connectivity index (χ2v) is 7.21. The maximum absolute atomic E-state index is 12.8. The monoisotopic (exact) mass is 511 g/mol. The molecule has 0 bridgehead atoms. The second-order valence-electron chi connectivity index (χ2n) is 7.21. The summed E-state index contributed by atoms with van der Waals surface area (Å²) in [5.41, 5.74) is -2.80. The summed E-state index contributed by atoms with van der Waals surface area (Å²) in [6, 6.07) is 10.0. The molecule has 3 aromatic carbocycles. The molecule has 0 aliphatic rings. The quantitative estimate of drug-likeness (QED) is 0.312. The third-order valence-electron chi connectivity index (χ3n) is 4.95. The van der Waals surface area contributed by atoms with Gasteiger partial charge in [0.25, 0.3) is 28.9 Å². The molecule has 2 N–H and O–H groups in total. The van der Waals surface area contributed by atoms with Gasteiger partial charge < -0.3 is 20.1 Å². The molecule has 2 amide bonds. The molecule has 0 aromatic heterocycles. The summed E-state index contributed by atoms with van der Waals surface area (Å²) >= 11 is 0. The predicted octanol–water partition coefficient (Wildman–Crippen LogP) is 3.93. The van der Waals surface area contributed by atoms with E-state index in [9.17, 15) is 39.9 Å². The highest BCUT2D eigenvalue weighted by Crippen LogP contribution is 2.31. The minimum atomic E-state index is -0.985. The van der Waals surface area contributed by atoms with Crippen LogP contribution < -0.4 is 20.1 Å². The van der Waals surface area contributed by atoms with Gasteiger partial charge in [0.05, 0.1) is 41.1 Å². The smallest absolute Gasteiger partial charge is 0.296 e. The van der Waals surface area contributed by atoms with Crippen LogP contribution >= 0.6 is 0 Å². The number of ether oxygens (including phenoxy) is 2. The summed E-state index contributed by atoms with van der Waals surface area (Å²) in [5, 5.41) is 38.8. The third kappa shape index (κ3) is 5.91. The van der Waals surface area contributed by atoms with Gasteiger partial charge in [-0.1, -0.05) is 0 Å². The van der Waals surface area contributed by atoms with E-state index < -0.39 is 43.6 Å². The zero-order valence-corrected chi connectivity index (χ0v) is 19.1. The van der Waals surface area contributed by atoms with E-state index in [-0.39, 0.29) is 34.0 Å². The first kappa shape index (κ1) is 26.0. The van der Waals surface area contributed by atoms with E-state index in [1.54, 1.807) is 0 Å². The van der Waals surface area contributed by atoms with Gasteiger partial charge in [0.1, 0.15) is 22.9 Å². The molecule has 0 saturated heterocycles. The number of benzene rings is 3. The summed E-state index contributed by atoms with van der Waals surface area (Å²) in [7, 11) is 2.60. The summed E-state index contributed by atoms with van der Waals surface area (Å²) in [6.07, 6.45) is 0. The Morgan fingerprint density at radius 3 is 1.38 bits per heavy atom. The number of methoxy groups -OCH3 is 2. The minimum absolute atomic E-state index is 0.159. The number of hydrogen-bond acceptors (Lipinski definition) is 10. The van der Waals surface area contributed by atoms with E-state index in [1.807, 2.05) is 0 Å². The molecule has 15 heteroatoms. The van der Waals surface area contributed by atoms with E-state index in [1.165, 1.54) is 38.5 Å². The van der Waals surface area contributed by atoms with E-state index in [4.69, 9.17) is 9.47 Å². The number of nitrogens with zero attached hydrogens (tertiary/aromatic N) is 3. The maximum Gasteiger partial charge on any atom is 0.296 e. The van der Waals surface area contributed by atoms with Crippen molar-refractivity contribution in [1.82, 2.24) is 0 Å². The molecule has 37 heavy (non-hydrogen) atoms. The van der Waals surface area contributed by atoms with Gasteiger partial charge in [0, 0.05) is 23.3 Å². The van der Waals surface area contributed by atoms with Crippen LogP contribution in [0.2, 0.25) is 0 Å². The first-order chi connectivity index (χ1) is 17.5. The molecule has 0 spiro atoms.